The number of anilines is 1. The van der Waals surface area contributed by atoms with E-state index in [1.807, 2.05) is 39.0 Å². The molecule has 0 spiro atoms. The first-order chi connectivity index (χ1) is 21.6. The van der Waals surface area contributed by atoms with Crippen molar-refractivity contribution >= 4 is 41.6 Å². The molecule has 1 saturated heterocycles. The zero-order valence-corrected chi connectivity index (χ0v) is 26.9. The second-order valence-corrected chi connectivity index (χ2v) is 14.2. The molecule has 5 rings (SSSR count). The predicted molar refractivity (Wildman–Crippen MR) is 167 cm³/mol. The third-order valence-corrected chi connectivity index (χ3v) is 9.09. The van der Waals surface area contributed by atoms with Crippen LogP contribution in [0.1, 0.15) is 40.8 Å². The summed E-state index contributed by atoms with van der Waals surface area (Å²) in [5, 5.41) is 25.6. The van der Waals surface area contributed by atoms with Gasteiger partial charge >= 0.3 is 13.7 Å². The minimum absolute atomic E-state index is 0.0377. The van der Waals surface area contributed by atoms with E-state index in [2.05, 4.69) is 26.1 Å². The fraction of sp³-hybridized carbons (Fsp3) is 0.433. The van der Waals surface area contributed by atoms with Crippen LogP contribution < -0.4 is 20.9 Å². The van der Waals surface area contributed by atoms with Crippen LogP contribution in [-0.4, -0.2) is 62.1 Å². The first kappa shape index (κ1) is 33.1. The Bertz CT molecular complexity index is 1910. The number of H-pyrrole nitrogens is 1. The Morgan fingerprint density at radius 1 is 1.30 bits per heavy atom. The van der Waals surface area contributed by atoms with Crippen molar-refractivity contribution < 1.29 is 33.0 Å². The smallest absolute Gasteiger partial charge is 0.459 e. The highest BCUT2D eigenvalue weighted by Gasteiger charge is 2.56. The molecular formula is C30H36N7O8P. The molecule has 2 aromatic heterocycles. The van der Waals surface area contributed by atoms with E-state index < -0.39 is 55.8 Å². The summed E-state index contributed by atoms with van der Waals surface area (Å²) >= 11 is 0. The molecule has 46 heavy (non-hydrogen) atoms. The van der Waals surface area contributed by atoms with Gasteiger partial charge in [-0.15, -0.1) is 0 Å². The number of fused-ring (bicyclic) bond motifs is 2. The fourth-order valence-electron chi connectivity index (χ4n) is 5.00. The first-order valence-electron chi connectivity index (χ1n) is 14.5. The van der Waals surface area contributed by atoms with Crippen molar-refractivity contribution in [1.29, 1.82) is 5.26 Å². The van der Waals surface area contributed by atoms with Gasteiger partial charge in [0, 0.05) is 5.39 Å². The number of nitrogens with zero attached hydrogens (tertiary/aromatic N) is 4. The molecule has 0 aliphatic carbocycles. The molecule has 0 saturated carbocycles. The van der Waals surface area contributed by atoms with Crippen molar-refractivity contribution in [2.75, 3.05) is 18.9 Å². The molecule has 1 aliphatic heterocycles. The van der Waals surface area contributed by atoms with Crippen LogP contribution in [0, 0.1) is 22.2 Å². The zero-order valence-electron chi connectivity index (χ0n) is 26.0. The molecule has 5 N–H and O–H groups in total. The van der Waals surface area contributed by atoms with E-state index in [0.717, 1.165) is 5.39 Å². The lowest BCUT2D eigenvalue weighted by Gasteiger charge is -2.26. The van der Waals surface area contributed by atoms with E-state index in [1.165, 1.54) is 24.7 Å². The first-order valence-corrected chi connectivity index (χ1v) is 16.0. The van der Waals surface area contributed by atoms with Crippen LogP contribution >= 0.6 is 7.75 Å². The highest BCUT2D eigenvalue weighted by Crippen LogP contribution is 2.50. The maximum atomic E-state index is 14.4. The number of aliphatic hydroxyl groups is 1. The summed E-state index contributed by atoms with van der Waals surface area (Å²) in [5.74, 6) is -0.636. The minimum atomic E-state index is -4.40. The summed E-state index contributed by atoms with van der Waals surface area (Å²) in [6.07, 6.45) is -2.64. The van der Waals surface area contributed by atoms with E-state index in [4.69, 9.17) is 24.3 Å². The maximum Gasteiger partial charge on any atom is 0.459 e. The second-order valence-electron chi connectivity index (χ2n) is 12.5. The van der Waals surface area contributed by atoms with Gasteiger partial charge in [-0.1, -0.05) is 57.2 Å². The Hall–Kier alpha value is -4.32. The van der Waals surface area contributed by atoms with Crippen LogP contribution in [0.15, 0.2) is 53.6 Å². The van der Waals surface area contributed by atoms with Gasteiger partial charge in [-0.25, -0.2) is 9.55 Å². The van der Waals surface area contributed by atoms with Crippen LogP contribution in [-0.2, 0) is 23.4 Å². The van der Waals surface area contributed by atoms with Gasteiger partial charge in [0.25, 0.3) is 5.56 Å². The molecule has 15 nitrogen and oxygen atoms in total. The Labute approximate surface area is 264 Å². The van der Waals surface area contributed by atoms with Crippen molar-refractivity contribution in [1.82, 2.24) is 24.6 Å². The van der Waals surface area contributed by atoms with Crippen molar-refractivity contribution in [3.63, 3.8) is 0 Å². The quantitative estimate of drug-likeness (QED) is 0.143. The highest BCUT2D eigenvalue weighted by molar-refractivity contribution is 7.52. The Morgan fingerprint density at radius 3 is 2.74 bits per heavy atom. The van der Waals surface area contributed by atoms with Crippen molar-refractivity contribution in [3.8, 4) is 11.8 Å². The van der Waals surface area contributed by atoms with Gasteiger partial charge in [-0.05, 0) is 30.7 Å². The summed E-state index contributed by atoms with van der Waals surface area (Å²) in [7, 11) is -4.40. The number of ether oxygens (including phenoxy) is 2. The van der Waals surface area contributed by atoms with Crippen LogP contribution in [0.25, 0.3) is 21.9 Å². The van der Waals surface area contributed by atoms with Crippen LogP contribution in [0.5, 0.6) is 5.75 Å². The lowest BCUT2D eigenvalue weighted by molar-refractivity contribution is -0.148. The SMILES string of the molecule is CC(NP(=O)(OCC1OC(n2cnc3c(=O)[nH]c(N)nc32)C(C)(C#N)C1O)Oc1cccc2ccccc12)C(=O)OCC(C)(C)C. The third kappa shape index (κ3) is 6.62. The van der Waals surface area contributed by atoms with E-state index in [1.54, 1.807) is 24.3 Å². The number of esters is 1. The number of aliphatic hydroxyl groups excluding tert-OH is 1. The predicted octanol–water partition coefficient (Wildman–Crippen LogP) is 3.41. The number of hydrogen-bond acceptors (Lipinski definition) is 12. The number of carbonyl (C=O) groups excluding carboxylic acids is 1. The van der Waals surface area contributed by atoms with Gasteiger partial charge in [0.1, 0.15) is 29.4 Å². The lowest BCUT2D eigenvalue weighted by atomic mass is 9.84. The summed E-state index contributed by atoms with van der Waals surface area (Å²) in [5.41, 5.74) is 3.23. The van der Waals surface area contributed by atoms with Crippen molar-refractivity contribution in [2.24, 2.45) is 10.8 Å². The Balaban J connectivity index is 1.42. The van der Waals surface area contributed by atoms with Crippen molar-refractivity contribution in [2.45, 2.75) is 59.1 Å². The average molecular weight is 654 g/mol. The molecule has 0 amide bonds. The molecule has 16 heteroatoms. The molecule has 244 valence electrons. The number of benzene rings is 2. The number of carbonyl (C=O) groups is 1. The number of nitriles is 1. The number of aromatic nitrogens is 4. The topological polar surface area (TPSA) is 217 Å². The number of hydrogen-bond donors (Lipinski definition) is 4. The average Bonchev–Trinajstić information content (AvgIpc) is 3.53. The van der Waals surface area contributed by atoms with E-state index in [9.17, 15) is 24.5 Å². The van der Waals surface area contributed by atoms with Crippen LogP contribution in [0.4, 0.5) is 5.95 Å². The normalized spacial score (nSPS) is 23.5. The lowest BCUT2D eigenvalue weighted by Crippen LogP contribution is -2.39. The number of rotatable bonds is 10. The number of nitrogens with one attached hydrogen (secondary N) is 2. The number of nitrogen functional groups attached to an aromatic ring is 1. The van der Waals surface area contributed by atoms with Crippen molar-refractivity contribution in [3.05, 3.63) is 59.1 Å². The van der Waals surface area contributed by atoms with E-state index in [-0.39, 0.29) is 34.9 Å². The molecule has 0 radical (unpaired) electrons. The molecule has 2 aromatic carbocycles. The fourth-order valence-corrected chi connectivity index (χ4v) is 6.52. The van der Waals surface area contributed by atoms with Gasteiger partial charge in [0.15, 0.2) is 17.4 Å². The van der Waals surface area contributed by atoms with Gasteiger partial charge < -0.3 is 24.8 Å². The van der Waals surface area contributed by atoms with Gasteiger partial charge in [-0.3, -0.25) is 23.7 Å². The van der Waals surface area contributed by atoms with Crippen LogP contribution in [0.3, 0.4) is 0 Å². The number of aromatic amines is 1. The molecule has 1 aliphatic rings. The maximum absolute atomic E-state index is 14.4. The van der Waals surface area contributed by atoms with Gasteiger partial charge in [-0.2, -0.15) is 15.3 Å². The summed E-state index contributed by atoms with van der Waals surface area (Å²) < 4.78 is 39.0. The van der Waals surface area contributed by atoms with E-state index >= 15 is 0 Å². The molecular weight excluding hydrogens is 617 g/mol. The molecule has 0 bridgehead atoms. The monoisotopic (exact) mass is 653 g/mol. The highest BCUT2D eigenvalue weighted by atomic mass is 31.2. The minimum Gasteiger partial charge on any atom is -0.464 e. The Kier molecular flexibility index (Phi) is 8.96. The second kappa shape index (κ2) is 12.5. The summed E-state index contributed by atoms with van der Waals surface area (Å²) in [6, 6.07) is 13.4. The van der Waals surface area contributed by atoms with E-state index in [0.29, 0.717) is 5.39 Å². The molecule has 4 aromatic rings. The molecule has 1 fully saturated rings. The van der Waals surface area contributed by atoms with Crippen LogP contribution in [0.2, 0.25) is 0 Å². The Morgan fingerprint density at radius 2 is 2.02 bits per heavy atom. The molecule has 3 heterocycles. The largest absolute Gasteiger partial charge is 0.464 e. The van der Waals surface area contributed by atoms with Gasteiger partial charge in [0.2, 0.25) is 5.95 Å². The third-order valence-electron chi connectivity index (χ3n) is 7.46. The molecule has 6 atom stereocenters. The summed E-state index contributed by atoms with van der Waals surface area (Å²) in [4.78, 5) is 35.7. The standard InChI is InChI=1S/C30H36N7O8P/c1-17(26(40)42-15-29(2,3)4)36-46(41,45-20-12-8-10-18-9-6-7-11-19(18)20)43-13-21-23(38)30(5,14-31)27(44-21)37-16-33-22-24(37)34-28(32)35-25(22)39/h6-12,16-17,21,23,27,38H,13,15H2,1-5H3,(H,36,41)(H3,32,34,35,39). The zero-order chi connectivity index (χ0) is 33.4. The molecule has 6 unspecified atom stereocenters. The number of nitrogens with two attached hydrogens (primary N) is 1. The number of imidazole rings is 1. The summed E-state index contributed by atoms with van der Waals surface area (Å²) in [6.45, 7) is 8.22. The van der Waals surface area contributed by atoms with Gasteiger partial charge in [0.05, 0.1) is 25.6 Å².